The molecule has 0 aliphatic heterocycles. The molecule has 1 heterocycles. The zero-order valence-corrected chi connectivity index (χ0v) is 9.21. The second kappa shape index (κ2) is 6.60. The number of hydrogen-bond acceptors (Lipinski definition) is 2. The summed E-state index contributed by atoms with van der Waals surface area (Å²) in [5.41, 5.74) is 1.17. The first kappa shape index (κ1) is 11.2. The molecule has 2 N–H and O–H groups in total. The van der Waals surface area contributed by atoms with Crippen molar-refractivity contribution >= 4 is 0 Å². The number of nitrogens with zero attached hydrogens (tertiary/aromatic N) is 1. The minimum atomic E-state index is 0.660. The molecule has 0 aromatic carbocycles. The molecule has 0 spiro atoms. The van der Waals surface area contributed by atoms with Gasteiger partial charge in [0.25, 0.3) is 0 Å². The van der Waals surface area contributed by atoms with Crippen LogP contribution in [0.15, 0.2) is 12.3 Å². The van der Waals surface area contributed by atoms with E-state index < -0.39 is 0 Å². The molecule has 1 aromatic rings. The molecule has 1 rings (SSSR count). The first-order chi connectivity index (χ1) is 6.86. The second-order valence-corrected chi connectivity index (χ2v) is 3.74. The summed E-state index contributed by atoms with van der Waals surface area (Å²) >= 11 is 0. The maximum Gasteiger partial charge on any atom is 0.0490 e. The molecular weight excluding hydrogens is 174 g/mol. The highest BCUT2D eigenvalue weighted by Gasteiger charge is 2.05. The molecular formula is C11H21N3. The van der Waals surface area contributed by atoms with Crippen LogP contribution in [-0.4, -0.2) is 16.2 Å². The Balaban J connectivity index is 2.25. The molecule has 0 radical (unpaired) electrons. The SMILES string of the molecule is CCCC(CCC)NCc1ccn[nH]1. The van der Waals surface area contributed by atoms with Crippen molar-refractivity contribution in [3.63, 3.8) is 0 Å². The van der Waals surface area contributed by atoms with E-state index in [9.17, 15) is 0 Å². The minimum absolute atomic E-state index is 0.660. The summed E-state index contributed by atoms with van der Waals surface area (Å²) in [6.07, 6.45) is 6.83. The Hall–Kier alpha value is -0.830. The quantitative estimate of drug-likeness (QED) is 0.701. The highest BCUT2D eigenvalue weighted by Crippen LogP contribution is 2.05. The van der Waals surface area contributed by atoms with Crippen LogP contribution in [0.1, 0.15) is 45.2 Å². The average Bonchev–Trinajstić information content (AvgIpc) is 2.67. The maximum atomic E-state index is 3.93. The number of aromatic nitrogens is 2. The van der Waals surface area contributed by atoms with Crippen molar-refractivity contribution in [3.05, 3.63) is 18.0 Å². The Kier molecular flexibility index (Phi) is 5.30. The summed E-state index contributed by atoms with van der Waals surface area (Å²) in [6.45, 7) is 5.38. The lowest BCUT2D eigenvalue weighted by atomic mass is 10.1. The van der Waals surface area contributed by atoms with Crippen molar-refractivity contribution in [1.29, 1.82) is 0 Å². The lowest BCUT2D eigenvalue weighted by molar-refractivity contribution is 0.440. The van der Waals surface area contributed by atoms with Crippen LogP contribution in [0.2, 0.25) is 0 Å². The molecule has 80 valence electrons. The molecule has 3 heteroatoms. The molecule has 0 saturated carbocycles. The minimum Gasteiger partial charge on any atom is -0.308 e. The van der Waals surface area contributed by atoms with E-state index in [0.717, 1.165) is 6.54 Å². The predicted octanol–water partition coefficient (Wildman–Crippen LogP) is 2.47. The van der Waals surface area contributed by atoms with Gasteiger partial charge in [0.05, 0.1) is 0 Å². The molecule has 0 aliphatic carbocycles. The van der Waals surface area contributed by atoms with Gasteiger partial charge in [-0.2, -0.15) is 5.10 Å². The topological polar surface area (TPSA) is 40.7 Å². The fraction of sp³-hybridized carbons (Fsp3) is 0.727. The summed E-state index contributed by atoms with van der Waals surface area (Å²) in [7, 11) is 0. The monoisotopic (exact) mass is 195 g/mol. The van der Waals surface area contributed by atoms with Crippen molar-refractivity contribution in [2.45, 2.75) is 52.1 Å². The predicted molar refractivity (Wildman–Crippen MR) is 59.0 cm³/mol. The van der Waals surface area contributed by atoms with Gasteiger partial charge in [0.2, 0.25) is 0 Å². The van der Waals surface area contributed by atoms with Crippen molar-refractivity contribution in [2.75, 3.05) is 0 Å². The fourth-order valence-corrected chi connectivity index (χ4v) is 1.68. The Morgan fingerprint density at radius 2 is 2.07 bits per heavy atom. The zero-order chi connectivity index (χ0) is 10.2. The molecule has 0 unspecified atom stereocenters. The van der Waals surface area contributed by atoms with E-state index in [0.29, 0.717) is 6.04 Å². The zero-order valence-electron chi connectivity index (χ0n) is 9.21. The van der Waals surface area contributed by atoms with E-state index in [4.69, 9.17) is 0 Å². The van der Waals surface area contributed by atoms with Gasteiger partial charge in [-0.05, 0) is 18.9 Å². The molecule has 0 fully saturated rings. The molecule has 0 saturated heterocycles. The molecule has 3 nitrogen and oxygen atoms in total. The van der Waals surface area contributed by atoms with E-state index in [-0.39, 0.29) is 0 Å². The molecule has 0 atom stereocenters. The third-order valence-corrected chi connectivity index (χ3v) is 2.41. The summed E-state index contributed by atoms with van der Waals surface area (Å²) in [5, 5.41) is 10.4. The summed E-state index contributed by atoms with van der Waals surface area (Å²) in [5.74, 6) is 0. The third kappa shape index (κ3) is 3.92. The smallest absolute Gasteiger partial charge is 0.0490 e. The van der Waals surface area contributed by atoms with Crippen molar-refractivity contribution in [1.82, 2.24) is 15.5 Å². The van der Waals surface area contributed by atoms with E-state index in [1.807, 2.05) is 6.07 Å². The van der Waals surface area contributed by atoms with Gasteiger partial charge >= 0.3 is 0 Å². The highest BCUT2D eigenvalue weighted by atomic mass is 15.1. The van der Waals surface area contributed by atoms with Crippen molar-refractivity contribution < 1.29 is 0 Å². The Labute approximate surface area is 86.3 Å². The molecule has 0 amide bonds. The van der Waals surface area contributed by atoms with Gasteiger partial charge in [0.1, 0.15) is 0 Å². The summed E-state index contributed by atoms with van der Waals surface area (Å²) in [6, 6.07) is 2.68. The number of nitrogens with one attached hydrogen (secondary N) is 2. The third-order valence-electron chi connectivity index (χ3n) is 2.41. The van der Waals surface area contributed by atoms with Crippen LogP contribution < -0.4 is 5.32 Å². The van der Waals surface area contributed by atoms with E-state index in [1.165, 1.54) is 31.4 Å². The van der Waals surface area contributed by atoms with Crippen molar-refractivity contribution in [3.8, 4) is 0 Å². The Morgan fingerprint density at radius 3 is 2.57 bits per heavy atom. The van der Waals surface area contributed by atoms with E-state index in [2.05, 4.69) is 29.4 Å². The van der Waals surface area contributed by atoms with E-state index >= 15 is 0 Å². The van der Waals surface area contributed by atoms with Gasteiger partial charge in [-0.3, -0.25) is 5.10 Å². The number of aromatic amines is 1. The van der Waals surface area contributed by atoms with Crippen LogP contribution in [0.25, 0.3) is 0 Å². The largest absolute Gasteiger partial charge is 0.308 e. The molecule has 0 bridgehead atoms. The number of rotatable bonds is 7. The Bertz CT molecular complexity index is 212. The first-order valence-electron chi connectivity index (χ1n) is 5.58. The number of hydrogen-bond donors (Lipinski definition) is 2. The van der Waals surface area contributed by atoms with Gasteiger partial charge < -0.3 is 5.32 Å². The standard InChI is InChI=1S/C11H21N3/c1-3-5-10(6-4-2)12-9-11-7-8-13-14-11/h7-8,10,12H,3-6,9H2,1-2H3,(H,13,14). The summed E-state index contributed by atoms with van der Waals surface area (Å²) in [4.78, 5) is 0. The van der Waals surface area contributed by atoms with Crippen molar-refractivity contribution in [2.24, 2.45) is 0 Å². The average molecular weight is 195 g/mol. The van der Waals surface area contributed by atoms with Gasteiger partial charge in [-0.15, -0.1) is 0 Å². The first-order valence-corrected chi connectivity index (χ1v) is 5.58. The van der Waals surface area contributed by atoms with Crippen LogP contribution in [0, 0.1) is 0 Å². The summed E-state index contributed by atoms with van der Waals surface area (Å²) < 4.78 is 0. The molecule has 14 heavy (non-hydrogen) atoms. The van der Waals surface area contributed by atoms with Gasteiger partial charge in [-0.25, -0.2) is 0 Å². The van der Waals surface area contributed by atoms with E-state index in [1.54, 1.807) is 6.20 Å². The number of H-pyrrole nitrogens is 1. The van der Waals surface area contributed by atoms with Gasteiger partial charge in [0.15, 0.2) is 0 Å². The normalized spacial score (nSPS) is 11.1. The lowest BCUT2D eigenvalue weighted by Gasteiger charge is -2.16. The van der Waals surface area contributed by atoms with Crippen LogP contribution in [0.3, 0.4) is 0 Å². The molecule has 1 aromatic heterocycles. The molecule has 0 aliphatic rings. The maximum absolute atomic E-state index is 3.93. The second-order valence-electron chi connectivity index (χ2n) is 3.74. The Morgan fingerprint density at radius 1 is 1.36 bits per heavy atom. The van der Waals surface area contributed by atoms with Gasteiger partial charge in [0, 0.05) is 24.5 Å². The van der Waals surface area contributed by atoms with Crippen LogP contribution >= 0.6 is 0 Å². The van der Waals surface area contributed by atoms with Crippen LogP contribution in [0.5, 0.6) is 0 Å². The lowest BCUT2D eigenvalue weighted by Crippen LogP contribution is -2.28. The fourth-order valence-electron chi connectivity index (χ4n) is 1.68. The highest BCUT2D eigenvalue weighted by molar-refractivity contribution is 4.96. The van der Waals surface area contributed by atoms with Crippen LogP contribution in [0.4, 0.5) is 0 Å². The van der Waals surface area contributed by atoms with Gasteiger partial charge in [-0.1, -0.05) is 26.7 Å². The van der Waals surface area contributed by atoms with Crippen LogP contribution in [-0.2, 0) is 6.54 Å².